The minimum atomic E-state index is -0.406. The molecule has 33 heavy (non-hydrogen) atoms. The average molecular weight is 440 g/mol. The van der Waals surface area contributed by atoms with E-state index in [4.69, 9.17) is 9.47 Å². The van der Waals surface area contributed by atoms with Crippen LogP contribution in [-0.4, -0.2) is 35.5 Å². The van der Waals surface area contributed by atoms with E-state index in [1.165, 1.54) is 12.5 Å². The van der Waals surface area contributed by atoms with E-state index in [0.717, 1.165) is 29.7 Å². The van der Waals surface area contributed by atoms with Gasteiger partial charge in [-0.05, 0) is 47.5 Å². The van der Waals surface area contributed by atoms with Crippen molar-refractivity contribution in [2.24, 2.45) is 0 Å². The monoisotopic (exact) mass is 439 g/mol. The lowest BCUT2D eigenvalue weighted by molar-refractivity contribution is -0.131. The number of carbonyl (C=O) groups excluding carboxylic acids is 2. The van der Waals surface area contributed by atoms with Crippen molar-refractivity contribution < 1.29 is 19.1 Å². The van der Waals surface area contributed by atoms with Crippen molar-refractivity contribution in [1.82, 2.24) is 4.90 Å². The van der Waals surface area contributed by atoms with Gasteiger partial charge in [0.1, 0.15) is 17.1 Å². The molecule has 2 heterocycles. The number of likely N-dealkylation sites (tertiary alicyclic amines) is 1. The quantitative estimate of drug-likeness (QED) is 0.407. The van der Waals surface area contributed by atoms with Gasteiger partial charge in [0.2, 0.25) is 0 Å². The highest BCUT2D eigenvalue weighted by atomic mass is 16.5. The molecular formula is C28H25NO4. The third kappa shape index (κ3) is 4.40. The second kappa shape index (κ2) is 8.58. The van der Waals surface area contributed by atoms with E-state index in [2.05, 4.69) is 36.4 Å². The molecule has 5 rings (SSSR count). The van der Waals surface area contributed by atoms with Gasteiger partial charge < -0.3 is 14.4 Å². The van der Waals surface area contributed by atoms with Crippen molar-refractivity contribution in [2.45, 2.75) is 25.4 Å². The fraction of sp³-hybridized carbons (Fsp3) is 0.214. The molecule has 0 unspecified atom stereocenters. The first-order valence-corrected chi connectivity index (χ1v) is 11.2. The van der Waals surface area contributed by atoms with Gasteiger partial charge in [-0.2, -0.15) is 0 Å². The predicted octanol–water partition coefficient (Wildman–Crippen LogP) is 5.36. The van der Waals surface area contributed by atoms with E-state index in [0.29, 0.717) is 24.4 Å². The summed E-state index contributed by atoms with van der Waals surface area (Å²) in [6.45, 7) is 2.54. The minimum Gasteiger partial charge on any atom is -0.482 e. The Morgan fingerprint density at radius 1 is 0.909 bits per heavy atom. The summed E-state index contributed by atoms with van der Waals surface area (Å²) in [6.07, 6.45) is 5.73. The van der Waals surface area contributed by atoms with E-state index in [-0.39, 0.29) is 5.91 Å². The van der Waals surface area contributed by atoms with Crippen molar-refractivity contribution in [1.29, 1.82) is 0 Å². The molecule has 1 saturated heterocycles. The summed E-state index contributed by atoms with van der Waals surface area (Å²) >= 11 is 0. The van der Waals surface area contributed by atoms with Crippen LogP contribution in [0.1, 0.15) is 35.7 Å². The van der Waals surface area contributed by atoms with Crippen LogP contribution in [0.3, 0.4) is 0 Å². The number of esters is 1. The van der Waals surface area contributed by atoms with Crippen LogP contribution in [0.4, 0.5) is 0 Å². The van der Waals surface area contributed by atoms with Crippen LogP contribution >= 0.6 is 0 Å². The van der Waals surface area contributed by atoms with Crippen LogP contribution in [0.15, 0.2) is 78.9 Å². The topological polar surface area (TPSA) is 55.8 Å². The van der Waals surface area contributed by atoms with E-state index in [1.54, 1.807) is 24.3 Å². The Kier molecular flexibility index (Phi) is 5.47. The van der Waals surface area contributed by atoms with Crippen molar-refractivity contribution in [3.8, 4) is 22.6 Å². The van der Waals surface area contributed by atoms with Gasteiger partial charge in [0, 0.05) is 44.0 Å². The summed E-state index contributed by atoms with van der Waals surface area (Å²) in [7, 11) is 0. The molecule has 1 fully saturated rings. The lowest BCUT2D eigenvalue weighted by atomic mass is 9.87. The number of piperidine rings is 1. The Morgan fingerprint density at radius 2 is 1.70 bits per heavy atom. The lowest BCUT2D eigenvalue weighted by Crippen LogP contribution is -2.49. The molecule has 0 radical (unpaired) electrons. The zero-order chi connectivity index (χ0) is 22.8. The maximum atomic E-state index is 13.0. The lowest BCUT2D eigenvalue weighted by Gasteiger charge is -2.42. The fourth-order valence-electron chi connectivity index (χ4n) is 4.47. The SMILES string of the molecule is CC(=O)Oc1cccc(C(=O)N2CCC3(C=Cc4cc(-c5ccccc5)ccc4O3)CC2)c1. The zero-order valence-electron chi connectivity index (χ0n) is 18.5. The molecule has 0 saturated carbocycles. The number of hydrogen-bond donors (Lipinski definition) is 0. The summed E-state index contributed by atoms with van der Waals surface area (Å²) in [5.74, 6) is 0.793. The molecule has 3 aromatic rings. The van der Waals surface area contributed by atoms with Gasteiger partial charge >= 0.3 is 5.97 Å². The number of ether oxygens (including phenoxy) is 2. The van der Waals surface area contributed by atoms with Crippen LogP contribution < -0.4 is 9.47 Å². The van der Waals surface area contributed by atoms with Gasteiger partial charge in [0.15, 0.2) is 0 Å². The molecule has 0 bridgehead atoms. The summed E-state index contributed by atoms with van der Waals surface area (Å²) in [5, 5.41) is 0. The second-order valence-corrected chi connectivity index (χ2v) is 8.53. The number of amides is 1. The Balaban J connectivity index is 1.27. The maximum absolute atomic E-state index is 13.0. The van der Waals surface area contributed by atoms with Crippen LogP contribution in [0.2, 0.25) is 0 Å². The summed E-state index contributed by atoms with van der Waals surface area (Å²) < 4.78 is 11.6. The Labute approximate surface area is 193 Å². The predicted molar refractivity (Wildman–Crippen MR) is 127 cm³/mol. The molecular weight excluding hydrogens is 414 g/mol. The van der Waals surface area contributed by atoms with Gasteiger partial charge in [-0.15, -0.1) is 0 Å². The van der Waals surface area contributed by atoms with Crippen molar-refractivity contribution in [2.75, 3.05) is 13.1 Å². The normalized spacial score (nSPS) is 16.1. The molecule has 3 aromatic carbocycles. The Morgan fingerprint density at radius 3 is 2.45 bits per heavy atom. The summed E-state index contributed by atoms with van der Waals surface area (Å²) in [4.78, 5) is 26.1. The molecule has 5 nitrogen and oxygen atoms in total. The van der Waals surface area contributed by atoms with E-state index in [1.807, 2.05) is 29.2 Å². The molecule has 2 aliphatic heterocycles. The number of benzene rings is 3. The molecule has 166 valence electrons. The van der Waals surface area contributed by atoms with Crippen LogP contribution in [-0.2, 0) is 4.79 Å². The highest BCUT2D eigenvalue weighted by Gasteiger charge is 2.38. The maximum Gasteiger partial charge on any atom is 0.308 e. The van der Waals surface area contributed by atoms with Crippen molar-refractivity contribution in [3.05, 3.63) is 90.0 Å². The number of hydrogen-bond acceptors (Lipinski definition) is 4. The highest BCUT2D eigenvalue weighted by molar-refractivity contribution is 5.94. The second-order valence-electron chi connectivity index (χ2n) is 8.53. The van der Waals surface area contributed by atoms with Gasteiger partial charge in [-0.1, -0.05) is 48.5 Å². The van der Waals surface area contributed by atoms with Gasteiger partial charge in [-0.25, -0.2) is 0 Å². The summed E-state index contributed by atoms with van der Waals surface area (Å²) in [5.41, 5.74) is 3.54. The third-order valence-electron chi connectivity index (χ3n) is 6.24. The van der Waals surface area contributed by atoms with Gasteiger partial charge in [0.05, 0.1) is 0 Å². The first kappa shape index (κ1) is 21.0. The van der Waals surface area contributed by atoms with Crippen LogP contribution in [0, 0.1) is 0 Å². The van der Waals surface area contributed by atoms with E-state index >= 15 is 0 Å². The minimum absolute atomic E-state index is 0.0634. The molecule has 0 atom stereocenters. The average Bonchev–Trinajstić information content (AvgIpc) is 2.84. The van der Waals surface area contributed by atoms with E-state index in [9.17, 15) is 9.59 Å². The standard InChI is InChI=1S/C28H25NO4/c1-20(30)32-25-9-5-8-24(19-25)27(31)29-16-14-28(15-17-29)13-12-23-18-22(10-11-26(23)33-28)21-6-3-2-4-7-21/h2-13,18-19H,14-17H2,1H3. The molecule has 2 aliphatic rings. The number of fused-ring (bicyclic) bond motifs is 1. The molecule has 0 N–H and O–H groups in total. The van der Waals surface area contributed by atoms with Gasteiger partial charge in [-0.3, -0.25) is 9.59 Å². The van der Waals surface area contributed by atoms with Crippen molar-refractivity contribution in [3.63, 3.8) is 0 Å². The molecule has 0 aliphatic carbocycles. The number of rotatable bonds is 3. The third-order valence-corrected chi connectivity index (χ3v) is 6.24. The smallest absolute Gasteiger partial charge is 0.308 e. The molecule has 1 amide bonds. The van der Waals surface area contributed by atoms with Crippen LogP contribution in [0.25, 0.3) is 17.2 Å². The van der Waals surface area contributed by atoms with Gasteiger partial charge in [0.25, 0.3) is 5.91 Å². The van der Waals surface area contributed by atoms with E-state index < -0.39 is 11.6 Å². The van der Waals surface area contributed by atoms with Crippen LogP contribution in [0.5, 0.6) is 11.5 Å². The summed E-state index contributed by atoms with van der Waals surface area (Å²) in [6, 6.07) is 23.4. The molecule has 1 spiro atoms. The fourth-order valence-corrected chi connectivity index (χ4v) is 4.47. The first-order valence-electron chi connectivity index (χ1n) is 11.2. The first-order chi connectivity index (χ1) is 16.0. The van der Waals surface area contributed by atoms with Crippen molar-refractivity contribution >= 4 is 18.0 Å². The Hall–Kier alpha value is -3.86. The number of carbonyl (C=O) groups is 2. The Bertz CT molecular complexity index is 1220. The number of nitrogens with zero attached hydrogens (tertiary/aromatic N) is 1. The largest absolute Gasteiger partial charge is 0.482 e. The highest BCUT2D eigenvalue weighted by Crippen LogP contribution is 2.39. The molecule has 0 aromatic heterocycles. The molecule has 5 heteroatoms. The zero-order valence-corrected chi connectivity index (χ0v) is 18.5.